The summed E-state index contributed by atoms with van der Waals surface area (Å²) >= 11 is 0. The minimum Gasteiger partial charge on any atom is -0.390 e. The number of aliphatic hydroxyl groups excluding tert-OH is 1. The minimum atomic E-state index is -0.486. The van der Waals surface area contributed by atoms with Gasteiger partial charge in [0.05, 0.1) is 25.9 Å². The van der Waals surface area contributed by atoms with Crippen molar-refractivity contribution < 1.29 is 9.84 Å². The molecule has 0 spiro atoms. The zero-order valence-electron chi connectivity index (χ0n) is 13.9. The molecule has 2 heterocycles. The number of morpholine rings is 1. The van der Waals surface area contributed by atoms with Gasteiger partial charge in [0.25, 0.3) is 0 Å². The van der Waals surface area contributed by atoms with Gasteiger partial charge in [-0.1, -0.05) is 24.3 Å². The van der Waals surface area contributed by atoms with Gasteiger partial charge in [-0.15, -0.1) is 24.0 Å². The number of hydrogen-bond donors (Lipinski definition) is 2. The van der Waals surface area contributed by atoms with Crippen molar-refractivity contribution in [1.29, 1.82) is 0 Å². The van der Waals surface area contributed by atoms with Crippen LogP contribution in [0.1, 0.15) is 11.1 Å². The van der Waals surface area contributed by atoms with Crippen LogP contribution < -0.4 is 5.73 Å². The molecule has 24 heavy (non-hydrogen) atoms. The first-order chi connectivity index (χ1) is 11.2. The summed E-state index contributed by atoms with van der Waals surface area (Å²) < 4.78 is 5.30. The van der Waals surface area contributed by atoms with E-state index in [0.717, 1.165) is 32.6 Å². The van der Waals surface area contributed by atoms with E-state index in [0.29, 0.717) is 32.3 Å². The van der Waals surface area contributed by atoms with Crippen LogP contribution >= 0.6 is 24.0 Å². The minimum absolute atomic E-state index is 0. The van der Waals surface area contributed by atoms with E-state index in [-0.39, 0.29) is 24.0 Å². The average molecular weight is 446 g/mol. The number of benzene rings is 1. The number of halogens is 1. The summed E-state index contributed by atoms with van der Waals surface area (Å²) in [4.78, 5) is 8.64. The summed E-state index contributed by atoms with van der Waals surface area (Å²) in [6.45, 7) is 5.78. The second-order valence-electron chi connectivity index (χ2n) is 6.21. The molecule has 1 saturated heterocycles. The zero-order valence-corrected chi connectivity index (χ0v) is 16.3. The molecule has 3 rings (SSSR count). The first-order valence-electron chi connectivity index (χ1n) is 8.32. The van der Waals surface area contributed by atoms with Gasteiger partial charge in [0.1, 0.15) is 0 Å². The molecule has 0 radical (unpaired) electrons. The second kappa shape index (κ2) is 9.55. The average Bonchev–Trinajstić information content (AvgIpc) is 2.60. The van der Waals surface area contributed by atoms with Crippen LogP contribution in [-0.2, 0) is 17.7 Å². The lowest BCUT2D eigenvalue weighted by Gasteiger charge is -2.30. The van der Waals surface area contributed by atoms with Gasteiger partial charge in [0, 0.05) is 32.7 Å². The van der Waals surface area contributed by atoms with Gasteiger partial charge < -0.3 is 20.5 Å². The Morgan fingerprint density at radius 3 is 2.67 bits per heavy atom. The third kappa shape index (κ3) is 5.30. The van der Waals surface area contributed by atoms with Gasteiger partial charge in [-0.05, 0) is 17.5 Å². The summed E-state index contributed by atoms with van der Waals surface area (Å²) in [5.74, 6) is 0.510. The zero-order chi connectivity index (χ0) is 16.1. The molecule has 1 fully saturated rings. The van der Waals surface area contributed by atoms with E-state index < -0.39 is 6.10 Å². The molecule has 2 aliphatic rings. The Labute approximate surface area is 160 Å². The van der Waals surface area contributed by atoms with Crippen LogP contribution in [-0.4, -0.2) is 72.9 Å². The van der Waals surface area contributed by atoms with Crippen molar-refractivity contribution in [3.63, 3.8) is 0 Å². The molecule has 0 bridgehead atoms. The van der Waals surface area contributed by atoms with Crippen LogP contribution in [0.4, 0.5) is 0 Å². The Bertz CT molecular complexity index is 549. The van der Waals surface area contributed by atoms with Crippen LogP contribution in [0.3, 0.4) is 0 Å². The highest BCUT2D eigenvalue weighted by molar-refractivity contribution is 14.0. The normalized spacial score (nSPS) is 20.2. The monoisotopic (exact) mass is 446 g/mol. The summed E-state index contributed by atoms with van der Waals surface area (Å²) in [5, 5.41) is 10.2. The fraction of sp³-hybridized carbons (Fsp3) is 0.588. The Morgan fingerprint density at radius 2 is 1.92 bits per heavy atom. The molecule has 1 aromatic rings. The molecular formula is C17H27IN4O2. The predicted molar refractivity (Wildman–Crippen MR) is 106 cm³/mol. The molecular weight excluding hydrogens is 419 g/mol. The topological polar surface area (TPSA) is 74.3 Å². The summed E-state index contributed by atoms with van der Waals surface area (Å²) in [6.07, 6.45) is 0.557. The van der Waals surface area contributed by atoms with Crippen LogP contribution in [0.5, 0.6) is 0 Å². The van der Waals surface area contributed by atoms with E-state index in [4.69, 9.17) is 10.5 Å². The van der Waals surface area contributed by atoms with Gasteiger partial charge in [0.15, 0.2) is 5.96 Å². The molecule has 0 aromatic heterocycles. The number of guanidine groups is 1. The maximum atomic E-state index is 10.2. The number of aliphatic hydroxyl groups is 1. The lowest BCUT2D eigenvalue weighted by molar-refractivity contribution is 0.0670. The maximum Gasteiger partial charge on any atom is 0.191 e. The van der Waals surface area contributed by atoms with Crippen LogP contribution in [0.2, 0.25) is 0 Å². The standard InChI is InChI=1S/C17H26N4O2.HI/c18-17(21-7-9-23-10-8-21)19-11-16(22)13-20-6-5-14-3-1-2-4-15(14)12-20;/h1-4,16,22H,5-13H2,(H2,18,19);1H. The molecule has 0 amide bonds. The molecule has 1 aromatic carbocycles. The highest BCUT2D eigenvalue weighted by Crippen LogP contribution is 2.18. The van der Waals surface area contributed by atoms with Crippen molar-refractivity contribution in [2.75, 3.05) is 45.9 Å². The number of rotatable bonds is 4. The third-order valence-corrected chi connectivity index (χ3v) is 4.48. The maximum absolute atomic E-state index is 10.2. The number of hydrogen-bond acceptors (Lipinski definition) is 4. The quantitative estimate of drug-likeness (QED) is 0.404. The number of ether oxygens (including phenoxy) is 1. The van der Waals surface area contributed by atoms with Gasteiger partial charge in [-0.2, -0.15) is 0 Å². The van der Waals surface area contributed by atoms with Crippen LogP contribution in [0, 0.1) is 0 Å². The first-order valence-corrected chi connectivity index (χ1v) is 8.32. The number of fused-ring (bicyclic) bond motifs is 1. The van der Waals surface area contributed by atoms with E-state index >= 15 is 0 Å². The number of nitrogens with zero attached hydrogens (tertiary/aromatic N) is 3. The summed E-state index contributed by atoms with van der Waals surface area (Å²) in [6, 6.07) is 8.53. The lowest BCUT2D eigenvalue weighted by atomic mass is 10.00. The van der Waals surface area contributed by atoms with Crippen molar-refractivity contribution >= 4 is 29.9 Å². The molecule has 7 heteroatoms. The van der Waals surface area contributed by atoms with Crippen molar-refractivity contribution in [3.8, 4) is 0 Å². The van der Waals surface area contributed by atoms with Gasteiger partial charge in [-0.25, -0.2) is 0 Å². The second-order valence-corrected chi connectivity index (χ2v) is 6.21. The SMILES string of the molecule is I.NC(=NCC(O)CN1CCc2ccccc2C1)N1CCOCC1. The number of β-amino-alcohol motifs (C(OH)–C–C–N with tert-alkyl or cyclic N) is 1. The molecule has 6 nitrogen and oxygen atoms in total. The van der Waals surface area contributed by atoms with Crippen molar-refractivity contribution in [2.45, 2.75) is 19.1 Å². The highest BCUT2D eigenvalue weighted by atomic mass is 127. The molecule has 1 atom stereocenters. The molecule has 1 unspecified atom stereocenters. The smallest absolute Gasteiger partial charge is 0.191 e. The Balaban J connectivity index is 0.00000208. The largest absolute Gasteiger partial charge is 0.390 e. The number of nitrogens with two attached hydrogens (primary N) is 1. The Morgan fingerprint density at radius 1 is 1.21 bits per heavy atom. The van der Waals surface area contributed by atoms with E-state index in [1.54, 1.807) is 0 Å². The predicted octanol–water partition coefficient (Wildman–Crippen LogP) is 0.670. The van der Waals surface area contributed by atoms with Crippen molar-refractivity contribution in [3.05, 3.63) is 35.4 Å². The number of aliphatic imine (C=N–C) groups is 1. The summed E-state index contributed by atoms with van der Waals surface area (Å²) in [7, 11) is 0. The van der Waals surface area contributed by atoms with Crippen molar-refractivity contribution in [1.82, 2.24) is 9.80 Å². The van der Waals surface area contributed by atoms with Gasteiger partial charge >= 0.3 is 0 Å². The van der Waals surface area contributed by atoms with Gasteiger partial charge in [-0.3, -0.25) is 9.89 Å². The molecule has 0 aliphatic carbocycles. The highest BCUT2D eigenvalue weighted by Gasteiger charge is 2.18. The van der Waals surface area contributed by atoms with E-state index in [2.05, 4.69) is 34.2 Å². The molecule has 3 N–H and O–H groups in total. The third-order valence-electron chi connectivity index (χ3n) is 4.48. The van der Waals surface area contributed by atoms with Crippen LogP contribution in [0.25, 0.3) is 0 Å². The lowest BCUT2D eigenvalue weighted by Crippen LogP contribution is -2.45. The van der Waals surface area contributed by atoms with E-state index in [1.807, 2.05) is 4.90 Å². The fourth-order valence-electron chi connectivity index (χ4n) is 3.16. The first kappa shape index (κ1) is 19.4. The van der Waals surface area contributed by atoms with E-state index in [1.165, 1.54) is 11.1 Å². The molecule has 2 aliphatic heterocycles. The molecule has 0 saturated carbocycles. The fourth-order valence-corrected chi connectivity index (χ4v) is 3.16. The molecule has 134 valence electrons. The van der Waals surface area contributed by atoms with Gasteiger partial charge in [0.2, 0.25) is 0 Å². The van der Waals surface area contributed by atoms with Crippen molar-refractivity contribution in [2.24, 2.45) is 10.7 Å². The summed E-state index contributed by atoms with van der Waals surface area (Å²) in [5.41, 5.74) is 8.78. The Kier molecular flexibility index (Phi) is 7.73. The van der Waals surface area contributed by atoms with E-state index in [9.17, 15) is 5.11 Å². The van der Waals surface area contributed by atoms with Crippen LogP contribution in [0.15, 0.2) is 29.3 Å². The Hall–Kier alpha value is -0.900.